The molecule has 0 aliphatic heterocycles. The molecular weight excluding hydrogens is 99.3 g/mol. The molecule has 0 radical (unpaired) electrons. The van der Waals surface area contributed by atoms with E-state index in [1.807, 2.05) is 0 Å². The van der Waals surface area contributed by atoms with Crippen LogP contribution in [0.3, 0.4) is 0 Å². The van der Waals surface area contributed by atoms with Gasteiger partial charge in [-0.3, -0.25) is 0 Å². The topological polar surface area (TPSA) is 20.2 Å². The molecule has 0 fully saturated rings. The molecule has 6 heavy (non-hydrogen) atoms. The average molecular weight is 108 g/mol. The maximum absolute atomic E-state index is 7.76. The molecule has 0 aromatic carbocycles. The Balaban J connectivity index is -0.0000000450. The van der Waals surface area contributed by atoms with Crippen LogP contribution >= 0.6 is 0 Å². The molecule has 0 aromatic heterocycles. The molecule has 0 spiro atoms. The monoisotopic (exact) mass is 108 g/mol. The normalized spacial score (nSPS) is 4.17. The van der Waals surface area contributed by atoms with Gasteiger partial charge in [-0.15, -0.1) is 6.58 Å². The van der Waals surface area contributed by atoms with Gasteiger partial charge in [0.25, 0.3) is 0 Å². The van der Waals surface area contributed by atoms with Crippen LogP contribution in [0.4, 0.5) is 0 Å². The summed E-state index contributed by atoms with van der Waals surface area (Å²) in [5.41, 5.74) is 0. The van der Waals surface area contributed by atoms with Crippen LogP contribution in [-0.4, -0.2) is 64.3 Å². The summed E-state index contributed by atoms with van der Waals surface area (Å²) < 4.78 is 0. The Morgan fingerprint density at radius 2 is 1.83 bits per heavy atom. The summed E-state index contributed by atoms with van der Waals surface area (Å²) in [5.74, 6) is 0. The fourth-order valence-electron chi connectivity index (χ4n) is 0. The fourth-order valence-corrected chi connectivity index (χ4v) is 0. The number of aliphatic hydroxyl groups is 1. The standard InChI is InChI=1S/C3H6O.Mg.Na.3H/c1-2-3-4;;;;;/h2,4H,1,3H2;;;;;. The molecule has 0 heterocycles. The van der Waals surface area contributed by atoms with E-state index in [1.165, 1.54) is 6.08 Å². The molecule has 0 rings (SSSR count). The van der Waals surface area contributed by atoms with Crippen molar-refractivity contribution in [2.45, 2.75) is 0 Å². The van der Waals surface area contributed by atoms with Crippen molar-refractivity contribution < 1.29 is 5.11 Å². The number of hydrogen-bond donors (Lipinski definition) is 1. The summed E-state index contributed by atoms with van der Waals surface area (Å²) in [6, 6.07) is 0. The van der Waals surface area contributed by atoms with E-state index < -0.39 is 0 Å². The summed E-state index contributed by atoms with van der Waals surface area (Å²) in [6.07, 6.45) is 1.43. The van der Waals surface area contributed by atoms with Crippen LogP contribution in [0.15, 0.2) is 12.7 Å². The molecule has 30 valence electrons. The summed E-state index contributed by atoms with van der Waals surface area (Å²) in [5, 5.41) is 7.76. The van der Waals surface area contributed by atoms with Gasteiger partial charge in [0, 0.05) is 0 Å². The molecule has 3 heteroatoms. The van der Waals surface area contributed by atoms with Crippen molar-refractivity contribution in [2.24, 2.45) is 0 Å². The number of aliphatic hydroxyl groups excluding tert-OH is 1. The molecular formula is C3H9MgNaO. The predicted octanol–water partition coefficient (Wildman–Crippen LogP) is -1.40. The second-order valence-corrected chi connectivity index (χ2v) is 0.471. The molecule has 0 atom stereocenters. The zero-order valence-corrected chi connectivity index (χ0v) is 2.44. The molecule has 0 saturated carbocycles. The SMILES string of the molecule is C=CCO.[MgH2].[NaH]. The van der Waals surface area contributed by atoms with Crippen LogP contribution in [0.5, 0.6) is 0 Å². The zero-order valence-electron chi connectivity index (χ0n) is 2.44. The van der Waals surface area contributed by atoms with Crippen molar-refractivity contribution in [3.63, 3.8) is 0 Å². The Hall–Kier alpha value is 1.47. The van der Waals surface area contributed by atoms with E-state index >= 15 is 0 Å². The third-order valence-corrected chi connectivity index (χ3v) is 0.129. The Bertz CT molecular complexity index is 24.8. The third kappa shape index (κ3) is 17.9. The van der Waals surface area contributed by atoms with Gasteiger partial charge in [0.15, 0.2) is 0 Å². The second-order valence-electron chi connectivity index (χ2n) is 0.471. The minimum atomic E-state index is 0. The average Bonchev–Trinajstić information content (AvgIpc) is 1.37. The predicted molar refractivity (Wildman–Crippen MR) is 33.0 cm³/mol. The first kappa shape index (κ1) is 15.7. The summed E-state index contributed by atoms with van der Waals surface area (Å²) in [4.78, 5) is 0. The fraction of sp³-hybridized carbons (Fsp3) is 0.333. The Morgan fingerprint density at radius 1 is 1.67 bits per heavy atom. The molecule has 1 N–H and O–H groups in total. The van der Waals surface area contributed by atoms with Crippen LogP contribution in [0.2, 0.25) is 0 Å². The van der Waals surface area contributed by atoms with Gasteiger partial charge in [-0.1, -0.05) is 6.08 Å². The van der Waals surface area contributed by atoms with Crippen molar-refractivity contribution in [1.82, 2.24) is 0 Å². The van der Waals surface area contributed by atoms with Gasteiger partial charge in [0.05, 0.1) is 6.61 Å². The molecule has 0 aromatic rings. The number of hydrogen-bond acceptors (Lipinski definition) is 1. The molecule has 1 nitrogen and oxygen atoms in total. The minimum absolute atomic E-state index is 0. The molecule has 0 aliphatic rings. The van der Waals surface area contributed by atoms with Crippen molar-refractivity contribution in [3.05, 3.63) is 12.7 Å². The van der Waals surface area contributed by atoms with E-state index in [9.17, 15) is 0 Å². The Labute approximate surface area is 76.3 Å². The summed E-state index contributed by atoms with van der Waals surface area (Å²) >= 11 is 0. The van der Waals surface area contributed by atoms with Crippen LogP contribution < -0.4 is 0 Å². The first-order valence-corrected chi connectivity index (χ1v) is 1.13. The van der Waals surface area contributed by atoms with Gasteiger partial charge < -0.3 is 5.11 Å². The molecule has 0 aliphatic carbocycles. The first-order chi connectivity index (χ1) is 1.91. The maximum atomic E-state index is 7.76. The van der Waals surface area contributed by atoms with Gasteiger partial charge in [0.2, 0.25) is 0 Å². The van der Waals surface area contributed by atoms with Crippen molar-refractivity contribution in [1.29, 1.82) is 0 Å². The van der Waals surface area contributed by atoms with E-state index in [0.29, 0.717) is 0 Å². The molecule has 0 bridgehead atoms. The quantitative estimate of drug-likeness (QED) is 0.324. The van der Waals surface area contributed by atoms with E-state index in [-0.39, 0.29) is 59.2 Å². The van der Waals surface area contributed by atoms with Gasteiger partial charge in [-0.05, 0) is 0 Å². The zero-order chi connectivity index (χ0) is 3.41. The van der Waals surface area contributed by atoms with Crippen molar-refractivity contribution >= 4 is 52.6 Å². The first-order valence-electron chi connectivity index (χ1n) is 1.13. The second kappa shape index (κ2) is 16.1. The van der Waals surface area contributed by atoms with E-state index in [4.69, 9.17) is 5.11 Å². The summed E-state index contributed by atoms with van der Waals surface area (Å²) in [7, 11) is 0. The third-order valence-electron chi connectivity index (χ3n) is 0.129. The van der Waals surface area contributed by atoms with E-state index in [1.54, 1.807) is 0 Å². The molecule has 0 amide bonds. The van der Waals surface area contributed by atoms with E-state index in [0.717, 1.165) is 0 Å². The van der Waals surface area contributed by atoms with Crippen molar-refractivity contribution in [2.75, 3.05) is 6.61 Å². The molecule has 0 saturated heterocycles. The van der Waals surface area contributed by atoms with E-state index in [2.05, 4.69) is 6.58 Å². The van der Waals surface area contributed by atoms with Crippen LogP contribution in [0, 0.1) is 0 Å². The van der Waals surface area contributed by atoms with Gasteiger partial charge in [-0.2, -0.15) is 0 Å². The van der Waals surface area contributed by atoms with Crippen LogP contribution in [-0.2, 0) is 0 Å². The Kier molecular flexibility index (Phi) is 41.9. The number of rotatable bonds is 1. The van der Waals surface area contributed by atoms with Gasteiger partial charge in [0.1, 0.15) is 0 Å². The summed E-state index contributed by atoms with van der Waals surface area (Å²) in [6.45, 7) is 3.31. The van der Waals surface area contributed by atoms with Crippen molar-refractivity contribution in [3.8, 4) is 0 Å². The Morgan fingerprint density at radius 3 is 1.83 bits per heavy atom. The van der Waals surface area contributed by atoms with Crippen LogP contribution in [0.25, 0.3) is 0 Å². The molecule has 0 unspecified atom stereocenters. The van der Waals surface area contributed by atoms with Crippen LogP contribution in [0.1, 0.15) is 0 Å². The van der Waals surface area contributed by atoms with Gasteiger partial charge in [-0.25, -0.2) is 0 Å². The van der Waals surface area contributed by atoms with Gasteiger partial charge >= 0.3 is 52.6 Å².